The molecule has 0 spiro atoms. The van der Waals surface area contributed by atoms with Crippen molar-refractivity contribution in [2.45, 2.75) is 24.8 Å². The van der Waals surface area contributed by atoms with Crippen LogP contribution < -0.4 is 5.73 Å². The fourth-order valence-corrected chi connectivity index (χ4v) is 1.82. The zero-order valence-corrected chi connectivity index (χ0v) is 10.5. The molecule has 2 N–H and O–H groups in total. The Hall–Kier alpha value is -1.51. The molecule has 17 heavy (non-hydrogen) atoms. The van der Waals surface area contributed by atoms with Crippen LogP contribution in [0.1, 0.15) is 23.6 Å². The molecule has 0 aliphatic carbocycles. The van der Waals surface area contributed by atoms with Gasteiger partial charge in [0, 0.05) is 11.4 Å². The second kappa shape index (κ2) is 6.28. The van der Waals surface area contributed by atoms with Gasteiger partial charge in [-0.3, -0.25) is 4.79 Å². The third-order valence-electron chi connectivity index (χ3n) is 2.33. The lowest BCUT2D eigenvalue weighted by atomic mass is 9.99. The highest BCUT2D eigenvalue weighted by Crippen LogP contribution is 2.22. The molecule has 1 aromatic carbocycles. The minimum atomic E-state index is -0.348. The van der Waals surface area contributed by atoms with Crippen molar-refractivity contribution >= 4 is 18.6 Å². The van der Waals surface area contributed by atoms with Crippen molar-refractivity contribution in [2.24, 2.45) is 5.73 Å². The van der Waals surface area contributed by atoms with Crippen molar-refractivity contribution in [2.75, 3.05) is 6.61 Å². The Labute approximate surface area is 106 Å². The number of nitrogens with zero attached hydrogens (tertiary/aromatic N) is 1. The first-order valence-corrected chi connectivity index (χ1v) is 5.68. The number of hydrogen-bond acceptors (Lipinski definition) is 5. The molecule has 90 valence electrons. The second-order valence-corrected chi connectivity index (χ2v) is 3.88. The lowest BCUT2D eigenvalue weighted by Crippen LogP contribution is -2.11. The number of thiol groups is 1. The molecule has 0 aromatic heterocycles. The fourth-order valence-electron chi connectivity index (χ4n) is 1.55. The highest BCUT2D eigenvalue weighted by molar-refractivity contribution is 7.80. The maximum Gasteiger partial charge on any atom is 0.310 e. The molecule has 0 saturated heterocycles. The Morgan fingerprint density at radius 2 is 2.29 bits per heavy atom. The molecule has 0 fully saturated rings. The minimum Gasteiger partial charge on any atom is -0.466 e. The molecule has 1 rings (SSSR count). The molecule has 0 radical (unpaired) electrons. The van der Waals surface area contributed by atoms with Crippen LogP contribution in [0.4, 0.5) is 0 Å². The average Bonchev–Trinajstić information content (AvgIpc) is 2.31. The Balaban J connectivity index is 3.09. The van der Waals surface area contributed by atoms with Crippen LogP contribution in [0, 0.1) is 11.3 Å². The Kier molecular flexibility index (Phi) is 5.01. The van der Waals surface area contributed by atoms with Gasteiger partial charge in [0.05, 0.1) is 24.7 Å². The van der Waals surface area contributed by atoms with Gasteiger partial charge < -0.3 is 10.5 Å². The number of nitrogens with two attached hydrogens (primary N) is 1. The van der Waals surface area contributed by atoms with E-state index in [1.165, 1.54) is 0 Å². The molecule has 5 heteroatoms. The van der Waals surface area contributed by atoms with Gasteiger partial charge in [-0.1, -0.05) is 6.07 Å². The van der Waals surface area contributed by atoms with Crippen LogP contribution >= 0.6 is 12.6 Å². The summed E-state index contributed by atoms with van der Waals surface area (Å²) in [6.45, 7) is 2.29. The number of rotatable bonds is 4. The maximum atomic E-state index is 11.4. The van der Waals surface area contributed by atoms with Crippen molar-refractivity contribution in [1.29, 1.82) is 5.26 Å². The monoisotopic (exact) mass is 250 g/mol. The van der Waals surface area contributed by atoms with Crippen LogP contribution in [0.3, 0.4) is 0 Å². The van der Waals surface area contributed by atoms with E-state index < -0.39 is 0 Å². The van der Waals surface area contributed by atoms with Crippen LogP contribution in [-0.4, -0.2) is 12.6 Å². The normalized spacial score (nSPS) is 9.76. The van der Waals surface area contributed by atoms with Crippen LogP contribution in [0.15, 0.2) is 17.0 Å². The summed E-state index contributed by atoms with van der Waals surface area (Å²) in [7, 11) is 0. The summed E-state index contributed by atoms with van der Waals surface area (Å²) >= 11 is 4.23. The summed E-state index contributed by atoms with van der Waals surface area (Å²) in [5.74, 6) is -0.348. The molecule has 4 nitrogen and oxygen atoms in total. The molecule has 0 aliphatic heterocycles. The first kappa shape index (κ1) is 13.6. The van der Waals surface area contributed by atoms with Gasteiger partial charge in [-0.15, -0.1) is 12.6 Å². The molecule has 0 amide bonds. The summed E-state index contributed by atoms with van der Waals surface area (Å²) in [5, 5.41) is 9.11. The standard InChI is InChI=1S/C12H14N2O2S/c1-2-16-12(15)5-8-3-4-11(17)10(7-14)9(8)6-13/h3-4,17H,2,5,7,14H2,1H3. The summed E-state index contributed by atoms with van der Waals surface area (Å²) < 4.78 is 4.85. The summed E-state index contributed by atoms with van der Waals surface area (Å²) in [5.41, 5.74) is 7.29. The zero-order chi connectivity index (χ0) is 12.8. The van der Waals surface area contributed by atoms with Crippen molar-refractivity contribution in [1.82, 2.24) is 0 Å². The molecule has 0 aliphatic rings. The van der Waals surface area contributed by atoms with Crippen molar-refractivity contribution in [3.8, 4) is 6.07 Å². The van der Waals surface area contributed by atoms with Crippen molar-refractivity contribution in [3.63, 3.8) is 0 Å². The number of esters is 1. The second-order valence-electron chi connectivity index (χ2n) is 3.40. The number of hydrogen-bond donors (Lipinski definition) is 2. The van der Waals surface area contributed by atoms with E-state index >= 15 is 0 Å². The largest absolute Gasteiger partial charge is 0.466 e. The predicted molar refractivity (Wildman–Crippen MR) is 66.6 cm³/mol. The SMILES string of the molecule is CCOC(=O)Cc1ccc(S)c(CN)c1C#N. The third-order valence-corrected chi connectivity index (χ3v) is 2.75. The molecule has 0 atom stereocenters. The maximum absolute atomic E-state index is 11.4. The molecule has 0 bridgehead atoms. The van der Waals surface area contributed by atoms with E-state index in [1.807, 2.05) is 0 Å². The van der Waals surface area contributed by atoms with E-state index in [2.05, 4.69) is 18.7 Å². The smallest absolute Gasteiger partial charge is 0.310 e. The number of carbonyl (C=O) groups is 1. The Morgan fingerprint density at radius 1 is 1.59 bits per heavy atom. The van der Waals surface area contributed by atoms with Crippen molar-refractivity contribution < 1.29 is 9.53 Å². The van der Waals surface area contributed by atoms with Gasteiger partial charge >= 0.3 is 5.97 Å². The summed E-state index contributed by atoms with van der Waals surface area (Å²) in [6.07, 6.45) is 0.0811. The Bertz CT molecular complexity index is 466. The first-order chi connectivity index (χ1) is 8.13. The highest BCUT2D eigenvalue weighted by atomic mass is 32.1. The predicted octanol–water partition coefficient (Wildman–Crippen LogP) is 1.41. The number of benzene rings is 1. The van der Waals surface area contributed by atoms with E-state index in [1.54, 1.807) is 19.1 Å². The fraction of sp³-hybridized carbons (Fsp3) is 0.333. The quantitative estimate of drug-likeness (QED) is 0.626. The number of nitriles is 1. The summed E-state index contributed by atoms with van der Waals surface area (Å²) in [4.78, 5) is 12.0. The van der Waals surface area contributed by atoms with E-state index in [0.717, 1.165) is 0 Å². The van der Waals surface area contributed by atoms with Crippen LogP contribution in [0.2, 0.25) is 0 Å². The van der Waals surface area contributed by atoms with Crippen LogP contribution in [-0.2, 0) is 22.5 Å². The van der Waals surface area contributed by atoms with Gasteiger partial charge in [-0.05, 0) is 24.1 Å². The Morgan fingerprint density at radius 3 is 2.82 bits per heavy atom. The highest BCUT2D eigenvalue weighted by Gasteiger charge is 2.13. The molecule has 0 unspecified atom stereocenters. The molecule has 0 heterocycles. The lowest BCUT2D eigenvalue weighted by Gasteiger charge is -2.10. The third kappa shape index (κ3) is 3.22. The van der Waals surface area contributed by atoms with E-state index in [4.69, 9.17) is 15.7 Å². The topological polar surface area (TPSA) is 76.1 Å². The zero-order valence-electron chi connectivity index (χ0n) is 9.56. The van der Waals surface area contributed by atoms with Gasteiger partial charge in [0.1, 0.15) is 0 Å². The first-order valence-electron chi connectivity index (χ1n) is 5.23. The minimum absolute atomic E-state index is 0.0811. The summed E-state index contributed by atoms with van der Waals surface area (Å²) in [6, 6.07) is 5.51. The van der Waals surface area contributed by atoms with Gasteiger partial charge in [-0.25, -0.2) is 0 Å². The van der Waals surface area contributed by atoms with Gasteiger partial charge in [0.2, 0.25) is 0 Å². The van der Waals surface area contributed by atoms with Crippen LogP contribution in [0.25, 0.3) is 0 Å². The van der Waals surface area contributed by atoms with Gasteiger partial charge in [0.15, 0.2) is 0 Å². The van der Waals surface area contributed by atoms with Crippen LogP contribution in [0.5, 0.6) is 0 Å². The van der Waals surface area contributed by atoms with E-state index in [0.29, 0.717) is 28.2 Å². The lowest BCUT2D eigenvalue weighted by molar-refractivity contribution is -0.142. The molecule has 0 saturated carbocycles. The van der Waals surface area contributed by atoms with Gasteiger partial charge in [0.25, 0.3) is 0 Å². The van der Waals surface area contributed by atoms with Gasteiger partial charge in [-0.2, -0.15) is 5.26 Å². The number of carbonyl (C=O) groups excluding carboxylic acids is 1. The molecular weight excluding hydrogens is 236 g/mol. The molecular formula is C12H14N2O2S. The molecule has 1 aromatic rings. The van der Waals surface area contributed by atoms with Crippen molar-refractivity contribution in [3.05, 3.63) is 28.8 Å². The average molecular weight is 250 g/mol. The van der Waals surface area contributed by atoms with E-state index in [9.17, 15) is 4.79 Å². The van der Waals surface area contributed by atoms with E-state index in [-0.39, 0.29) is 18.9 Å². The number of ether oxygens (including phenoxy) is 1.